The number of H-pyrrole nitrogens is 1. The Labute approximate surface area is 191 Å². The molecule has 2 heterocycles. The smallest absolute Gasteiger partial charge is 0.359 e. The van der Waals surface area contributed by atoms with Crippen LogP contribution in [0.15, 0.2) is 32.7 Å². The van der Waals surface area contributed by atoms with Crippen LogP contribution in [-0.4, -0.2) is 35.3 Å². The second kappa shape index (κ2) is 8.75. The van der Waals surface area contributed by atoms with E-state index in [2.05, 4.69) is 0 Å². The number of rotatable bonds is 4. The summed E-state index contributed by atoms with van der Waals surface area (Å²) in [4.78, 5) is 26.9. The van der Waals surface area contributed by atoms with Crippen molar-refractivity contribution in [2.24, 2.45) is 0 Å². The first-order chi connectivity index (χ1) is 15.5. The molecule has 13 heteroatoms. The lowest BCUT2D eigenvalue weighted by atomic mass is 9.96. The maximum absolute atomic E-state index is 14.8. The highest BCUT2D eigenvalue weighted by Crippen LogP contribution is 2.47. The lowest BCUT2D eigenvalue weighted by Gasteiger charge is -2.20. The number of aromatic nitrogens is 2. The number of hydrogen-bond acceptors (Lipinski definition) is 5. The summed E-state index contributed by atoms with van der Waals surface area (Å²) in [5, 5.41) is -0.996. The van der Waals surface area contributed by atoms with Gasteiger partial charge in [0.15, 0.2) is 0 Å². The molecule has 6 nitrogen and oxygen atoms in total. The molecule has 0 amide bonds. The third-order valence-electron chi connectivity index (χ3n) is 5.04. The number of aromatic amines is 1. The molecule has 2 aromatic carbocycles. The summed E-state index contributed by atoms with van der Waals surface area (Å²) in [6.45, 7) is -0.251. The third-order valence-corrected chi connectivity index (χ3v) is 6.56. The molecule has 0 spiro atoms. The van der Waals surface area contributed by atoms with E-state index in [1.165, 1.54) is 7.11 Å². The van der Waals surface area contributed by atoms with Crippen molar-refractivity contribution in [2.75, 3.05) is 19.7 Å². The molecule has 0 fully saturated rings. The van der Waals surface area contributed by atoms with Crippen molar-refractivity contribution in [1.82, 2.24) is 9.55 Å². The van der Waals surface area contributed by atoms with E-state index >= 15 is 0 Å². The van der Waals surface area contributed by atoms with Gasteiger partial charge in [0.1, 0.15) is 18.4 Å². The number of benzene rings is 2. The summed E-state index contributed by atoms with van der Waals surface area (Å²) >= 11 is 6.60. The molecule has 1 atom stereocenters. The van der Waals surface area contributed by atoms with Gasteiger partial charge in [-0.3, -0.25) is 14.3 Å². The highest BCUT2D eigenvalue weighted by molar-refractivity contribution is 7.99. The van der Waals surface area contributed by atoms with Crippen molar-refractivity contribution >= 4 is 34.3 Å². The summed E-state index contributed by atoms with van der Waals surface area (Å²) < 4.78 is 82.2. The summed E-state index contributed by atoms with van der Waals surface area (Å²) in [6.07, 6.45) is -5.70. The fourth-order valence-electron chi connectivity index (χ4n) is 3.64. The minimum absolute atomic E-state index is 0.0542. The first-order valence-corrected chi connectivity index (χ1v) is 10.7. The van der Waals surface area contributed by atoms with E-state index in [-0.39, 0.29) is 29.5 Å². The lowest BCUT2D eigenvalue weighted by molar-refractivity contribution is -0.137. The van der Waals surface area contributed by atoms with Crippen molar-refractivity contribution in [3.63, 3.8) is 0 Å². The molecule has 1 N–H and O–H groups in total. The van der Waals surface area contributed by atoms with Gasteiger partial charge in [-0.15, -0.1) is 11.8 Å². The Balaban J connectivity index is 2.14. The second-order valence-electron chi connectivity index (χ2n) is 7.14. The van der Waals surface area contributed by atoms with E-state index in [9.17, 15) is 31.5 Å². The van der Waals surface area contributed by atoms with Crippen LogP contribution in [0.2, 0.25) is 5.02 Å². The minimum Gasteiger partial charge on any atom is -0.359 e. The predicted molar refractivity (Wildman–Crippen MR) is 112 cm³/mol. The Morgan fingerprint density at radius 2 is 1.94 bits per heavy atom. The molecule has 0 bridgehead atoms. The number of ether oxygens (including phenoxy) is 2. The molecule has 1 aromatic heterocycles. The average Bonchev–Trinajstić information content (AvgIpc) is 2.93. The molecule has 1 aliphatic heterocycles. The fourth-order valence-corrected chi connectivity index (χ4v) is 5.08. The van der Waals surface area contributed by atoms with E-state index < -0.39 is 62.3 Å². The average molecular weight is 509 g/mol. The standard InChI is InChI=1S/C20H14ClF5N2O4S/c1-31-7-32-8-5-28-16-10(18(29)27-19(28)30)2-11(20(24,25)26)15(17(16)33-6-8)9-3-12(21)14(23)4-13(9)22/h2-4,8H,5-7H2,1H3,(H,27,29,30). The van der Waals surface area contributed by atoms with Crippen LogP contribution in [0.4, 0.5) is 22.0 Å². The van der Waals surface area contributed by atoms with Crippen LogP contribution in [0.3, 0.4) is 0 Å². The minimum atomic E-state index is -5.01. The highest BCUT2D eigenvalue weighted by atomic mass is 35.5. The Kier molecular flexibility index (Phi) is 6.29. The third kappa shape index (κ3) is 4.27. The van der Waals surface area contributed by atoms with Crippen molar-refractivity contribution in [2.45, 2.75) is 23.7 Å². The Morgan fingerprint density at radius 3 is 2.61 bits per heavy atom. The first kappa shape index (κ1) is 23.7. The molecule has 4 rings (SSSR count). The van der Waals surface area contributed by atoms with Gasteiger partial charge in [-0.2, -0.15) is 13.2 Å². The van der Waals surface area contributed by atoms with Crippen LogP contribution in [0.1, 0.15) is 5.56 Å². The maximum Gasteiger partial charge on any atom is 0.417 e. The first-order valence-electron chi connectivity index (χ1n) is 9.32. The second-order valence-corrected chi connectivity index (χ2v) is 8.58. The largest absolute Gasteiger partial charge is 0.417 e. The van der Waals surface area contributed by atoms with Crippen molar-refractivity contribution in [1.29, 1.82) is 0 Å². The molecule has 176 valence electrons. The van der Waals surface area contributed by atoms with Gasteiger partial charge in [-0.05, 0) is 12.1 Å². The number of nitrogens with zero attached hydrogens (tertiary/aromatic N) is 1. The van der Waals surface area contributed by atoms with Gasteiger partial charge >= 0.3 is 11.9 Å². The lowest BCUT2D eigenvalue weighted by Crippen LogP contribution is -2.34. The number of nitrogens with one attached hydrogen (secondary N) is 1. The molecule has 0 aliphatic carbocycles. The Morgan fingerprint density at radius 1 is 1.21 bits per heavy atom. The number of halogens is 6. The molecular weight excluding hydrogens is 495 g/mol. The summed E-state index contributed by atoms with van der Waals surface area (Å²) in [5.41, 5.74) is -4.60. The zero-order valence-electron chi connectivity index (χ0n) is 16.7. The van der Waals surface area contributed by atoms with Crippen molar-refractivity contribution < 1.29 is 31.4 Å². The molecule has 1 unspecified atom stereocenters. The zero-order valence-corrected chi connectivity index (χ0v) is 18.3. The van der Waals surface area contributed by atoms with Gasteiger partial charge < -0.3 is 9.47 Å². The van der Waals surface area contributed by atoms with Crippen LogP contribution in [0.25, 0.3) is 22.0 Å². The van der Waals surface area contributed by atoms with Crippen LogP contribution < -0.4 is 11.2 Å². The predicted octanol–water partition coefficient (Wildman–Crippen LogP) is 4.40. The van der Waals surface area contributed by atoms with Gasteiger partial charge in [0, 0.05) is 35.0 Å². The van der Waals surface area contributed by atoms with Crippen LogP contribution in [-0.2, 0) is 22.2 Å². The number of methoxy groups -OCH3 is 1. The Hall–Kier alpha value is -2.41. The molecular formula is C20H14ClF5N2O4S. The fraction of sp³-hybridized carbons (Fsp3) is 0.300. The van der Waals surface area contributed by atoms with E-state index in [0.717, 1.165) is 22.4 Å². The maximum atomic E-state index is 14.8. The van der Waals surface area contributed by atoms with Crippen LogP contribution >= 0.6 is 23.4 Å². The monoisotopic (exact) mass is 508 g/mol. The normalized spacial score (nSPS) is 16.3. The SMILES string of the molecule is COCOC1CSc2c(-c3cc(Cl)c(F)cc3F)c(C(F)(F)F)cc3c(=O)[nH]c(=O)n(c23)C1. The number of hydrogen-bond donors (Lipinski definition) is 1. The van der Waals surface area contributed by atoms with Gasteiger partial charge in [-0.1, -0.05) is 11.6 Å². The summed E-state index contributed by atoms with van der Waals surface area (Å²) in [6, 6.07) is 1.68. The zero-order chi connectivity index (χ0) is 24.1. The van der Waals surface area contributed by atoms with Gasteiger partial charge in [0.25, 0.3) is 5.56 Å². The van der Waals surface area contributed by atoms with Gasteiger partial charge in [0.2, 0.25) is 0 Å². The number of alkyl halides is 3. The van der Waals surface area contributed by atoms with Crippen molar-refractivity contribution in [3.8, 4) is 11.1 Å². The number of thioether (sulfide) groups is 1. The van der Waals surface area contributed by atoms with Gasteiger partial charge in [-0.25, -0.2) is 13.6 Å². The highest BCUT2D eigenvalue weighted by Gasteiger charge is 2.38. The molecule has 0 saturated carbocycles. The molecule has 3 aromatic rings. The molecule has 1 aliphatic rings. The van der Waals surface area contributed by atoms with Crippen molar-refractivity contribution in [3.05, 3.63) is 61.3 Å². The van der Waals surface area contributed by atoms with E-state index in [1.54, 1.807) is 0 Å². The van der Waals surface area contributed by atoms with E-state index in [4.69, 9.17) is 21.1 Å². The molecule has 0 radical (unpaired) electrons. The Bertz CT molecular complexity index is 1370. The quantitative estimate of drug-likeness (QED) is 0.321. The summed E-state index contributed by atoms with van der Waals surface area (Å²) in [5.74, 6) is -2.38. The molecule has 33 heavy (non-hydrogen) atoms. The topological polar surface area (TPSA) is 73.3 Å². The van der Waals surface area contributed by atoms with Gasteiger partial charge in [0.05, 0.1) is 34.1 Å². The molecule has 0 saturated heterocycles. The van der Waals surface area contributed by atoms with Crippen LogP contribution in [0, 0.1) is 11.6 Å². The summed E-state index contributed by atoms with van der Waals surface area (Å²) in [7, 11) is 1.37. The van der Waals surface area contributed by atoms with E-state index in [1.807, 2.05) is 4.98 Å². The van der Waals surface area contributed by atoms with E-state index in [0.29, 0.717) is 12.1 Å². The van der Waals surface area contributed by atoms with Crippen LogP contribution in [0.5, 0.6) is 0 Å².